The monoisotopic (exact) mass is 664 g/mol. The number of rotatable bonds is 7. The average molecular weight is 665 g/mol. The summed E-state index contributed by atoms with van der Waals surface area (Å²) >= 11 is 0. The number of fused-ring (bicyclic) bond motifs is 7. The van der Waals surface area contributed by atoms with Crippen molar-refractivity contribution in [1.82, 2.24) is 10.2 Å². The molecule has 0 aliphatic heterocycles. The molecule has 1 heterocycles. The molecule has 4 saturated carbocycles. The second-order valence-corrected chi connectivity index (χ2v) is 18.0. The molecule has 0 saturated heterocycles. The lowest BCUT2D eigenvalue weighted by Gasteiger charge is -2.70. The summed E-state index contributed by atoms with van der Waals surface area (Å²) in [6, 6.07) is 3.51. The highest BCUT2D eigenvalue weighted by Crippen LogP contribution is 2.75. The minimum absolute atomic E-state index is 0.0436. The van der Waals surface area contributed by atoms with Crippen molar-refractivity contribution in [1.29, 1.82) is 0 Å². The van der Waals surface area contributed by atoms with Crippen LogP contribution in [0.3, 0.4) is 0 Å². The predicted molar refractivity (Wildman–Crippen MR) is 180 cm³/mol. The zero-order valence-electron chi connectivity index (χ0n) is 30.0. The van der Waals surface area contributed by atoms with Gasteiger partial charge in [-0.15, -0.1) is 0 Å². The first-order valence-corrected chi connectivity index (χ1v) is 18.1. The number of hydrogen-bond donors (Lipinski definition) is 3. The third-order valence-electron chi connectivity index (χ3n) is 15.1. The number of carbonyl (C=O) groups excluding carboxylic acids is 3. The number of carboxylic acid groups (broad SMARTS) is 1. The molecule has 0 radical (unpaired) electrons. The van der Waals surface area contributed by atoms with Crippen LogP contribution in [-0.4, -0.2) is 57.9 Å². The van der Waals surface area contributed by atoms with Crippen molar-refractivity contribution in [3.05, 3.63) is 35.8 Å². The van der Waals surface area contributed by atoms with Crippen LogP contribution in [0.1, 0.15) is 112 Å². The lowest BCUT2D eigenvalue weighted by Crippen LogP contribution is -2.66. The maximum absolute atomic E-state index is 14.7. The van der Waals surface area contributed by atoms with Gasteiger partial charge in [0.05, 0.1) is 18.9 Å². The molecule has 0 unspecified atom stereocenters. The Balaban J connectivity index is 1.33. The Hall–Kier alpha value is -2.94. The quantitative estimate of drug-likeness (QED) is 0.318. The number of allylic oxidation sites excluding steroid dienone is 2. The third-order valence-corrected chi connectivity index (χ3v) is 15.1. The van der Waals surface area contributed by atoms with E-state index < -0.39 is 23.8 Å². The van der Waals surface area contributed by atoms with Gasteiger partial charge in [-0.1, -0.05) is 54.0 Å². The Morgan fingerprint density at radius 2 is 1.69 bits per heavy atom. The number of carbonyl (C=O) groups is 4. The summed E-state index contributed by atoms with van der Waals surface area (Å²) < 4.78 is 5.56. The Kier molecular flexibility index (Phi) is 8.41. The molecule has 9 nitrogen and oxygen atoms in total. The van der Waals surface area contributed by atoms with Gasteiger partial charge in [-0.05, 0) is 115 Å². The van der Waals surface area contributed by atoms with Crippen LogP contribution in [0.4, 0.5) is 0 Å². The van der Waals surface area contributed by atoms with Crippen LogP contribution in [0.2, 0.25) is 0 Å². The van der Waals surface area contributed by atoms with Crippen molar-refractivity contribution < 1.29 is 33.8 Å². The molecule has 0 bridgehead atoms. The molecule has 0 aromatic carbocycles. The van der Waals surface area contributed by atoms with E-state index in [2.05, 4.69) is 46.9 Å². The van der Waals surface area contributed by atoms with Crippen LogP contribution in [0.5, 0.6) is 0 Å². The molecule has 0 spiro atoms. The summed E-state index contributed by atoms with van der Waals surface area (Å²) in [5.74, 6) is -0.861. The Bertz CT molecular complexity index is 1520. The highest BCUT2D eigenvalue weighted by atomic mass is 16.4. The summed E-state index contributed by atoms with van der Waals surface area (Å²) in [5, 5.41) is 22.5. The van der Waals surface area contributed by atoms with E-state index in [1.807, 2.05) is 13.0 Å². The lowest BCUT2D eigenvalue weighted by atomic mass is 9.33. The molecule has 48 heavy (non-hydrogen) atoms. The van der Waals surface area contributed by atoms with Gasteiger partial charge < -0.3 is 24.8 Å². The molecule has 3 N–H and O–H groups in total. The van der Waals surface area contributed by atoms with Crippen molar-refractivity contribution in [2.24, 2.45) is 50.2 Å². The first-order valence-electron chi connectivity index (χ1n) is 18.1. The summed E-state index contributed by atoms with van der Waals surface area (Å²) in [7, 11) is 0. The number of aliphatic hydroxyl groups excluding tert-OH is 1. The third kappa shape index (κ3) is 5.20. The van der Waals surface area contributed by atoms with Crippen LogP contribution in [0.15, 0.2) is 34.5 Å². The summed E-state index contributed by atoms with van der Waals surface area (Å²) in [5.41, 5.74) is -0.479. The zero-order valence-corrected chi connectivity index (χ0v) is 30.0. The number of nitrogens with one attached hydrogen (secondary N) is 1. The molecule has 264 valence electrons. The van der Waals surface area contributed by atoms with Gasteiger partial charge in [-0.25, -0.2) is 0 Å². The molecule has 4 fully saturated rings. The number of nitrogens with zero attached hydrogens (tertiary/aromatic N) is 1. The second kappa shape index (κ2) is 11.6. The van der Waals surface area contributed by atoms with Gasteiger partial charge >= 0.3 is 5.97 Å². The van der Waals surface area contributed by atoms with E-state index in [1.165, 1.54) is 16.7 Å². The van der Waals surface area contributed by atoms with Crippen LogP contribution < -0.4 is 5.32 Å². The van der Waals surface area contributed by atoms with Crippen molar-refractivity contribution in [2.75, 3.05) is 13.1 Å². The highest BCUT2D eigenvalue weighted by Gasteiger charge is 2.70. The molecule has 9 atom stereocenters. The number of aliphatic hydroxyl groups is 1. The van der Waals surface area contributed by atoms with Gasteiger partial charge in [0.1, 0.15) is 18.8 Å². The van der Waals surface area contributed by atoms with Gasteiger partial charge in [0.2, 0.25) is 11.8 Å². The molecule has 2 amide bonds. The second-order valence-electron chi connectivity index (χ2n) is 18.0. The van der Waals surface area contributed by atoms with Crippen molar-refractivity contribution in [3.8, 4) is 0 Å². The number of furan rings is 1. The summed E-state index contributed by atoms with van der Waals surface area (Å²) in [6.07, 6.45) is 10.8. The van der Waals surface area contributed by atoms with E-state index in [9.17, 15) is 24.3 Å². The maximum Gasteiger partial charge on any atom is 0.322 e. The number of aliphatic carboxylic acids is 1. The summed E-state index contributed by atoms with van der Waals surface area (Å²) in [6.45, 7) is 15.1. The van der Waals surface area contributed by atoms with Gasteiger partial charge in [0.25, 0.3) is 0 Å². The molecule has 6 rings (SSSR count). The topological polar surface area (TPSA) is 137 Å². The molecule has 1 aromatic rings. The number of ketones is 1. The first kappa shape index (κ1) is 34.9. The average Bonchev–Trinajstić information content (AvgIpc) is 3.52. The minimum atomic E-state index is -1.15. The van der Waals surface area contributed by atoms with Crippen LogP contribution in [0.25, 0.3) is 0 Å². The van der Waals surface area contributed by atoms with E-state index in [4.69, 9.17) is 9.52 Å². The number of amides is 2. The molecular formula is C39H56N2O7. The van der Waals surface area contributed by atoms with Crippen LogP contribution in [0, 0.1) is 50.2 Å². The van der Waals surface area contributed by atoms with Gasteiger partial charge in [0, 0.05) is 11.3 Å². The van der Waals surface area contributed by atoms with E-state index in [0.29, 0.717) is 18.6 Å². The van der Waals surface area contributed by atoms with Crippen LogP contribution in [-0.2, 0) is 25.7 Å². The smallest absolute Gasteiger partial charge is 0.322 e. The van der Waals surface area contributed by atoms with Crippen molar-refractivity contribution in [2.45, 2.75) is 119 Å². The van der Waals surface area contributed by atoms with Gasteiger partial charge in [-0.2, -0.15) is 0 Å². The van der Waals surface area contributed by atoms with E-state index in [1.54, 1.807) is 12.1 Å². The molecule has 5 aliphatic rings. The lowest BCUT2D eigenvalue weighted by molar-refractivity contribution is -0.202. The highest BCUT2D eigenvalue weighted by molar-refractivity contribution is 5.96. The number of hydrogen-bond acceptors (Lipinski definition) is 6. The minimum Gasteiger partial charge on any atom is -0.480 e. The van der Waals surface area contributed by atoms with Crippen molar-refractivity contribution >= 4 is 23.6 Å². The Morgan fingerprint density at radius 3 is 2.35 bits per heavy atom. The fraction of sp³-hybridized carbons (Fsp3) is 0.744. The van der Waals surface area contributed by atoms with E-state index in [0.717, 1.165) is 44.9 Å². The molecule has 9 heteroatoms. The fourth-order valence-corrected chi connectivity index (χ4v) is 11.9. The zero-order chi connectivity index (χ0) is 35.1. The van der Waals surface area contributed by atoms with Crippen molar-refractivity contribution in [3.63, 3.8) is 0 Å². The van der Waals surface area contributed by atoms with Gasteiger partial charge in [0.15, 0.2) is 5.78 Å². The van der Waals surface area contributed by atoms with Crippen LogP contribution >= 0.6 is 0 Å². The summed E-state index contributed by atoms with van der Waals surface area (Å²) in [4.78, 5) is 54.6. The Labute approximate surface area is 285 Å². The van der Waals surface area contributed by atoms with E-state index in [-0.39, 0.29) is 75.7 Å². The Morgan fingerprint density at radius 1 is 0.979 bits per heavy atom. The molecular weight excluding hydrogens is 608 g/mol. The maximum atomic E-state index is 14.7. The largest absolute Gasteiger partial charge is 0.480 e. The normalized spacial score (nSPS) is 41.5. The number of carboxylic acids is 1. The van der Waals surface area contributed by atoms with Gasteiger partial charge in [-0.3, -0.25) is 19.2 Å². The first-order chi connectivity index (χ1) is 22.3. The molecule has 1 aromatic heterocycles. The molecule has 5 aliphatic carbocycles. The fourth-order valence-electron chi connectivity index (χ4n) is 11.9. The SMILES string of the molecule is CC1(C)[C@@H](O)CC[C@]2(C)[C@H]3C(=O)C=C4[C@@H]5C[C@@](C)(C(=O)N(CC(=O)NCC(=O)O)Cc6ccco6)CC[C@]5(C)CC[C@@]4(C)[C@]3(C)CC[C@@H]12. The predicted octanol–water partition coefficient (Wildman–Crippen LogP) is 6.15. The van der Waals surface area contributed by atoms with E-state index >= 15 is 0 Å². The standard InChI is InChI=1S/C39H56N2O7/c1-34(2)28-10-13-39(7)32(37(28,5)12-11-29(34)43)27(42)19-25-26-20-36(4,15-14-35(26,3)16-17-38(25,39)6)33(47)41(22-24-9-8-18-48-24)23-30(44)40-21-31(45)46/h8-9,18-19,26,28-29,32,43H,10-17,20-23H2,1-7H3,(H,40,44)(H,45,46)/t26-,28-,29-,32+,35+,36-,37-,38+,39+/m0/s1.